The molecule has 0 fully saturated rings. The molecule has 2 aromatic heterocycles. The van der Waals surface area contributed by atoms with Crippen molar-refractivity contribution in [2.24, 2.45) is 0 Å². The lowest BCUT2D eigenvalue weighted by Gasteiger charge is -1.70. The largest absolute Gasteiger partial charge is 0.368 e. The van der Waals surface area contributed by atoms with Gasteiger partial charge in [-0.2, -0.15) is 0 Å². The minimum absolute atomic E-state index is 0. The van der Waals surface area contributed by atoms with Crippen molar-refractivity contribution in [3.05, 3.63) is 55.1 Å². The van der Waals surface area contributed by atoms with Crippen molar-refractivity contribution in [1.29, 1.82) is 0 Å². The van der Waals surface area contributed by atoms with Crippen LogP contribution in [0.4, 0.5) is 0 Å². The van der Waals surface area contributed by atoms with Crippen LogP contribution in [0.3, 0.4) is 0 Å². The lowest BCUT2D eigenvalue weighted by Crippen LogP contribution is -1.58. The molecule has 64 valence electrons. The fraction of sp³-hybridized carbons (Fsp3) is 0. The van der Waals surface area contributed by atoms with Crippen molar-refractivity contribution < 1.29 is 0 Å². The van der Waals surface area contributed by atoms with Gasteiger partial charge in [-0.3, -0.25) is 4.98 Å². The first-order valence-electron chi connectivity index (χ1n) is 3.43. The highest BCUT2D eigenvalue weighted by Gasteiger charge is 1.58. The normalized spacial score (nSPS) is 7.33. The van der Waals surface area contributed by atoms with Crippen LogP contribution < -0.4 is 0 Å². The SMILES string of the molecule is Cl.c1cc[nH]c1.c1ccncc1. The molecule has 0 aliphatic carbocycles. The maximum Gasteiger partial charge on any atom is 0.0267 e. The Balaban J connectivity index is 0.000000189. The summed E-state index contributed by atoms with van der Waals surface area (Å²) in [6, 6.07) is 9.60. The second-order valence-corrected chi connectivity index (χ2v) is 1.91. The first kappa shape index (κ1) is 10.7. The Morgan fingerprint density at radius 2 is 1.33 bits per heavy atom. The van der Waals surface area contributed by atoms with Crippen molar-refractivity contribution >= 4 is 12.4 Å². The molecule has 12 heavy (non-hydrogen) atoms. The van der Waals surface area contributed by atoms with Crippen LogP contribution in [0, 0.1) is 0 Å². The highest BCUT2D eigenvalue weighted by Crippen LogP contribution is 1.73. The van der Waals surface area contributed by atoms with E-state index < -0.39 is 0 Å². The molecule has 0 unspecified atom stereocenters. The molecule has 0 aromatic carbocycles. The molecule has 0 saturated heterocycles. The summed E-state index contributed by atoms with van der Waals surface area (Å²) in [6.45, 7) is 0. The Morgan fingerprint density at radius 1 is 0.750 bits per heavy atom. The Bertz CT molecular complexity index is 198. The molecule has 3 heteroatoms. The summed E-state index contributed by atoms with van der Waals surface area (Å²) in [4.78, 5) is 6.65. The smallest absolute Gasteiger partial charge is 0.0267 e. The predicted octanol–water partition coefficient (Wildman–Crippen LogP) is 2.52. The fourth-order valence-corrected chi connectivity index (χ4v) is 0.590. The summed E-state index contributed by atoms with van der Waals surface area (Å²) in [5.74, 6) is 0. The van der Waals surface area contributed by atoms with Crippen LogP contribution >= 0.6 is 12.4 Å². The Hall–Kier alpha value is -1.28. The van der Waals surface area contributed by atoms with Crippen molar-refractivity contribution in [2.45, 2.75) is 0 Å². The number of rotatable bonds is 0. The molecule has 2 nitrogen and oxygen atoms in total. The van der Waals surface area contributed by atoms with Gasteiger partial charge >= 0.3 is 0 Å². The molecule has 2 rings (SSSR count). The third kappa shape index (κ3) is 5.50. The quantitative estimate of drug-likeness (QED) is 0.667. The van der Waals surface area contributed by atoms with Crippen LogP contribution in [0.25, 0.3) is 0 Å². The van der Waals surface area contributed by atoms with Gasteiger partial charge in [0.2, 0.25) is 0 Å². The third-order valence-corrected chi connectivity index (χ3v) is 1.06. The van der Waals surface area contributed by atoms with Crippen LogP contribution in [0.15, 0.2) is 55.1 Å². The van der Waals surface area contributed by atoms with Gasteiger partial charge < -0.3 is 4.98 Å². The zero-order valence-corrected chi connectivity index (χ0v) is 7.37. The minimum atomic E-state index is 0. The molecule has 2 heterocycles. The molecule has 0 atom stereocenters. The number of pyridine rings is 1. The van der Waals surface area contributed by atoms with Gasteiger partial charge in [0.15, 0.2) is 0 Å². The summed E-state index contributed by atoms with van der Waals surface area (Å²) in [6.07, 6.45) is 7.25. The highest BCUT2D eigenvalue weighted by molar-refractivity contribution is 5.85. The number of aromatic nitrogens is 2. The van der Waals surface area contributed by atoms with E-state index in [-0.39, 0.29) is 12.4 Å². The zero-order chi connectivity index (χ0) is 7.78. The van der Waals surface area contributed by atoms with Gasteiger partial charge in [0.1, 0.15) is 0 Å². The standard InChI is InChI=1S/C5H5N.C4H5N.ClH/c1-2-4-6-5-3-1;1-2-4-5-3-1;/h1-5H;1-5H;1H. The summed E-state index contributed by atoms with van der Waals surface area (Å²) in [7, 11) is 0. The molecule has 2 aromatic rings. The van der Waals surface area contributed by atoms with E-state index in [0.717, 1.165) is 0 Å². The van der Waals surface area contributed by atoms with Gasteiger partial charge in [-0.1, -0.05) is 6.07 Å². The molecule has 0 spiro atoms. The monoisotopic (exact) mass is 182 g/mol. The van der Waals surface area contributed by atoms with E-state index in [1.165, 1.54) is 0 Å². The van der Waals surface area contributed by atoms with Crippen LogP contribution in [0.2, 0.25) is 0 Å². The number of nitrogens with one attached hydrogen (secondary N) is 1. The first-order valence-corrected chi connectivity index (χ1v) is 3.43. The van der Waals surface area contributed by atoms with Crippen molar-refractivity contribution in [1.82, 2.24) is 9.97 Å². The topological polar surface area (TPSA) is 28.7 Å². The summed E-state index contributed by atoms with van der Waals surface area (Å²) in [5.41, 5.74) is 0. The Morgan fingerprint density at radius 3 is 1.50 bits per heavy atom. The zero-order valence-electron chi connectivity index (χ0n) is 6.55. The number of nitrogens with zero attached hydrogens (tertiary/aromatic N) is 1. The minimum Gasteiger partial charge on any atom is -0.368 e. The summed E-state index contributed by atoms with van der Waals surface area (Å²) < 4.78 is 0. The number of halogens is 1. The second-order valence-electron chi connectivity index (χ2n) is 1.91. The molecular formula is C9H11ClN2. The fourth-order valence-electron chi connectivity index (χ4n) is 0.590. The Labute approximate surface area is 78.1 Å². The van der Waals surface area contributed by atoms with E-state index in [1.54, 1.807) is 12.4 Å². The molecule has 0 saturated carbocycles. The van der Waals surface area contributed by atoms with Gasteiger partial charge in [-0.15, -0.1) is 12.4 Å². The maximum absolute atomic E-state index is 3.78. The van der Waals surface area contributed by atoms with Crippen LogP contribution in [0.5, 0.6) is 0 Å². The molecule has 0 amide bonds. The van der Waals surface area contributed by atoms with E-state index in [9.17, 15) is 0 Å². The molecule has 0 bridgehead atoms. The van der Waals surface area contributed by atoms with Crippen molar-refractivity contribution in [3.63, 3.8) is 0 Å². The molecule has 1 N–H and O–H groups in total. The lowest BCUT2D eigenvalue weighted by atomic mass is 10.5. The molecule has 0 aliphatic rings. The molecular weight excluding hydrogens is 172 g/mol. The van der Waals surface area contributed by atoms with Crippen LogP contribution in [-0.2, 0) is 0 Å². The number of H-pyrrole nitrogens is 1. The second kappa shape index (κ2) is 7.82. The van der Waals surface area contributed by atoms with E-state index in [4.69, 9.17) is 0 Å². The molecule has 0 radical (unpaired) electrons. The lowest BCUT2D eigenvalue weighted by molar-refractivity contribution is 1.33. The van der Waals surface area contributed by atoms with Gasteiger partial charge in [0.25, 0.3) is 0 Å². The Kier molecular flexibility index (Phi) is 6.99. The summed E-state index contributed by atoms with van der Waals surface area (Å²) in [5, 5.41) is 0. The van der Waals surface area contributed by atoms with E-state index >= 15 is 0 Å². The van der Waals surface area contributed by atoms with Crippen molar-refractivity contribution in [3.8, 4) is 0 Å². The number of aromatic amines is 1. The van der Waals surface area contributed by atoms with Gasteiger partial charge in [0.05, 0.1) is 0 Å². The van der Waals surface area contributed by atoms with Crippen molar-refractivity contribution in [2.75, 3.05) is 0 Å². The number of hydrogen-bond donors (Lipinski definition) is 1. The van der Waals surface area contributed by atoms with Gasteiger partial charge in [0, 0.05) is 24.8 Å². The summed E-state index contributed by atoms with van der Waals surface area (Å²) >= 11 is 0. The van der Waals surface area contributed by atoms with Gasteiger partial charge in [-0.05, 0) is 24.3 Å². The van der Waals surface area contributed by atoms with Crippen LogP contribution in [-0.4, -0.2) is 9.97 Å². The highest BCUT2D eigenvalue weighted by atomic mass is 35.5. The first-order chi connectivity index (χ1) is 5.50. The average molecular weight is 183 g/mol. The van der Waals surface area contributed by atoms with E-state index in [1.807, 2.05) is 42.7 Å². The molecule has 0 aliphatic heterocycles. The maximum atomic E-state index is 3.78. The average Bonchev–Trinajstić information content (AvgIpc) is 2.64. The predicted molar refractivity (Wildman–Crippen MR) is 52.3 cm³/mol. The van der Waals surface area contributed by atoms with Gasteiger partial charge in [-0.25, -0.2) is 0 Å². The third-order valence-electron chi connectivity index (χ3n) is 1.06. The number of hydrogen-bond acceptors (Lipinski definition) is 1. The van der Waals surface area contributed by atoms with E-state index in [2.05, 4.69) is 9.97 Å². The van der Waals surface area contributed by atoms with Crippen LogP contribution in [0.1, 0.15) is 0 Å². The van der Waals surface area contributed by atoms with E-state index in [0.29, 0.717) is 0 Å².